The van der Waals surface area contributed by atoms with Gasteiger partial charge in [-0.15, -0.1) is 0 Å². The first kappa shape index (κ1) is 29.6. The summed E-state index contributed by atoms with van der Waals surface area (Å²) in [6, 6.07) is 30.0. The summed E-state index contributed by atoms with van der Waals surface area (Å²) in [7, 11) is -2.05. The highest BCUT2D eigenvalue weighted by atomic mass is 32.2. The maximum atomic E-state index is 13.4. The minimum Gasteiger partial charge on any atom is -0.354 e. The Morgan fingerprint density at radius 3 is 2.19 bits per heavy atom. The van der Waals surface area contributed by atoms with E-state index in [1.807, 2.05) is 61.6 Å². The molecule has 0 aromatic heterocycles. The lowest BCUT2D eigenvalue weighted by atomic mass is 10.00. The lowest BCUT2D eigenvalue weighted by Crippen LogP contribution is -2.31. The average Bonchev–Trinajstić information content (AvgIpc) is 3.34. The van der Waals surface area contributed by atoms with Gasteiger partial charge in [-0.25, -0.2) is 8.42 Å². The van der Waals surface area contributed by atoms with Crippen LogP contribution in [0.4, 0.5) is 22.7 Å². The van der Waals surface area contributed by atoms with Gasteiger partial charge in [0.2, 0.25) is 5.91 Å². The van der Waals surface area contributed by atoms with Crippen LogP contribution in [0.15, 0.2) is 108 Å². The van der Waals surface area contributed by atoms with Crippen LogP contribution in [0.5, 0.6) is 0 Å². The van der Waals surface area contributed by atoms with Crippen molar-refractivity contribution in [2.24, 2.45) is 0 Å². The second-order valence-electron chi connectivity index (χ2n) is 10.0. The van der Waals surface area contributed by atoms with Crippen LogP contribution in [0.1, 0.15) is 24.5 Å². The second-order valence-corrected chi connectivity index (χ2v) is 11.7. The Morgan fingerprint density at radius 2 is 1.53 bits per heavy atom. The average molecular weight is 596 g/mol. The maximum Gasteiger partial charge on any atom is 0.261 e. The maximum absolute atomic E-state index is 13.4. The topological polar surface area (TPSA) is 120 Å². The molecule has 0 atom stereocenters. The number of hydrogen-bond donors (Lipinski definition) is 4. The van der Waals surface area contributed by atoms with E-state index in [4.69, 9.17) is 0 Å². The zero-order valence-corrected chi connectivity index (χ0v) is 24.7. The Bertz CT molecular complexity index is 1760. The zero-order valence-electron chi connectivity index (χ0n) is 23.9. The van der Waals surface area contributed by atoms with Crippen molar-refractivity contribution in [2.75, 3.05) is 40.4 Å². The Kier molecular flexibility index (Phi) is 8.89. The molecule has 4 aromatic rings. The molecule has 1 aliphatic heterocycles. The van der Waals surface area contributed by atoms with E-state index in [1.54, 1.807) is 48.2 Å². The minimum absolute atomic E-state index is 0.0310. The number of amides is 2. The largest absolute Gasteiger partial charge is 0.354 e. The quantitative estimate of drug-likeness (QED) is 0.137. The van der Waals surface area contributed by atoms with Crippen LogP contribution in [0.2, 0.25) is 0 Å². The summed E-state index contributed by atoms with van der Waals surface area (Å²) >= 11 is 0. The lowest BCUT2D eigenvalue weighted by Gasteiger charge is -2.22. The molecule has 10 heteroatoms. The molecular weight excluding hydrogens is 562 g/mol. The molecule has 1 heterocycles. The van der Waals surface area contributed by atoms with Crippen molar-refractivity contribution in [3.63, 3.8) is 0 Å². The number of benzene rings is 4. The van der Waals surface area contributed by atoms with E-state index in [-0.39, 0.29) is 16.7 Å². The fourth-order valence-electron chi connectivity index (χ4n) is 4.92. The number of carbonyl (C=O) groups excluding carboxylic acids is 2. The lowest BCUT2D eigenvalue weighted by molar-refractivity contribution is -0.116. The van der Waals surface area contributed by atoms with Crippen molar-refractivity contribution in [1.29, 1.82) is 0 Å². The Balaban J connectivity index is 1.52. The Morgan fingerprint density at radius 1 is 0.860 bits per heavy atom. The summed E-state index contributed by atoms with van der Waals surface area (Å²) in [5.41, 5.74) is 4.48. The summed E-state index contributed by atoms with van der Waals surface area (Å²) in [6.07, 6.45) is 0.813. The smallest absolute Gasteiger partial charge is 0.261 e. The third-order valence-corrected chi connectivity index (χ3v) is 8.40. The number of anilines is 4. The molecule has 43 heavy (non-hydrogen) atoms. The molecule has 0 saturated heterocycles. The molecule has 9 nitrogen and oxygen atoms in total. The first-order valence-electron chi connectivity index (χ1n) is 13.9. The van der Waals surface area contributed by atoms with Crippen LogP contribution >= 0.6 is 0 Å². The van der Waals surface area contributed by atoms with Gasteiger partial charge in [0.15, 0.2) is 0 Å². The number of nitrogens with zero attached hydrogens (tertiary/aromatic N) is 1. The number of hydrogen-bond acceptors (Lipinski definition) is 6. The van der Waals surface area contributed by atoms with E-state index in [0.29, 0.717) is 40.4 Å². The van der Waals surface area contributed by atoms with Crippen molar-refractivity contribution >= 4 is 55.9 Å². The minimum atomic E-state index is -3.92. The van der Waals surface area contributed by atoms with Crippen molar-refractivity contribution in [1.82, 2.24) is 5.32 Å². The van der Waals surface area contributed by atoms with Crippen LogP contribution in [-0.2, 0) is 19.6 Å². The molecule has 220 valence electrons. The van der Waals surface area contributed by atoms with Crippen molar-refractivity contribution in [2.45, 2.75) is 18.2 Å². The molecule has 0 spiro atoms. The van der Waals surface area contributed by atoms with Gasteiger partial charge in [-0.3, -0.25) is 14.3 Å². The van der Waals surface area contributed by atoms with E-state index in [9.17, 15) is 18.0 Å². The molecule has 0 bridgehead atoms. The van der Waals surface area contributed by atoms with Crippen molar-refractivity contribution in [3.8, 4) is 0 Å². The van der Waals surface area contributed by atoms with Crippen LogP contribution in [-0.4, -0.2) is 40.4 Å². The normalized spacial score (nSPS) is 13.6. The predicted molar refractivity (Wildman–Crippen MR) is 172 cm³/mol. The Hall–Kier alpha value is -4.93. The zero-order chi connectivity index (χ0) is 30.4. The van der Waals surface area contributed by atoms with Gasteiger partial charge in [-0.2, -0.15) is 0 Å². The number of para-hydroxylation sites is 1. The van der Waals surface area contributed by atoms with Gasteiger partial charge < -0.3 is 20.9 Å². The SMILES string of the molecule is CNCCCN(C(C)=O)c1ccc(N/C(=C2\C(=O)Nc3ccc(S(=O)(=O)Nc4ccccc4)cc32)c2ccccc2)cc1. The summed E-state index contributed by atoms with van der Waals surface area (Å²) in [5, 5.41) is 9.36. The number of carbonyl (C=O) groups is 2. The molecule has 2 amide bonds. The number of nitrogens with one attached hydrogen (secondary N) is 4. The molecule has 0 fully saturated rings. The summed E-state index contributed by atoms with van der Waals surface area (Å²) in [4.78, 5) is 27.5. The van der Waals surface area contributed by atoms with Gasteiger partial charge in [0.1, 0.15) is 0 Å². The van der Waals surface area contributed by atoms with Crippen LogP contribution in [0.3, 0.4) is 0 Å². The predicted octanol–water partition coefficient (Wildman–Crippen LogP) is 5.38. The van der Waals surface area contributed by atoms with Crippen molar-refractivity contribution in [3.05, 3.63) is 114 Å². The third-order valence-electron chi connectivity index (χ3n) is 7.02. The fourth-order valence-corrected chi connectivity index (χ4v) is 6.00. The molecular formula is C33H33N5O4S. The molecule has 0 saturated carbocycles. The van der Waals surface area contributed by atoms with E-state index < -0.39 is 10.0 Å². The Labute approximate surface area is 251 Å². The molecule has 5 rings (SSSR count). The third kappa shape index (κ3) is 6.77. The molecule has 1 aliphatic rings. The van der Waals surface area contributed by atoms with Gasteiger partial charge in [-0.05, 0) is 80.2 Å². The van der Waals surface area contributed by atoms with Gasteiger partial charge in [0.25, 0.3) is 15.9 Å². The van der Waals surface area contributed by atoms with E-state index in [2.05, 4.69) is 20.7 Å². The fraction of sp³-hybridized carbons (Fsp3) is 0.152. The van der Waals surface area contributed by atoms with Gasteiger partial charge >= 0.3 is 0 Å². The standard InChI is InChI=1S/C33H33N5O4S/c1-23(39)38(21-9-20-34-2)27-16-14-25(15-17-27)35-32(24-10-5-3-6-11-24)31-29-22-28(18-19-30(29)36-33(31)40)43(41,42)37-26-12-7-4-8-13-26/h3-8,10-19,22,34-35,37H,9,20-21H2,1-2H3,(H,36,40)/b32-31-. The molecule has 4 N–H and O–H groups in total. The van der Waals surface area contributed by atoms with E-state index in [0.717, 1.165) is 24.2 Å². The van der Waals surface area contributed by atoms with Crippen LogP contribution < -0.4 is 25.6 Å². The first-order chi connectivity index (χ1) is 20.8. The van der Waals surface area contributed by atoms with Gasteiger partial charge in [0, 0.05) is 41.8 Å². The summed E-state index contributed by atoms with van der Waals surface area (Å²) in [5.74, 6) is -0.397. The van der Waals surface area contributed by atoms with Gasteiger partial charge in [0.05, 0.1) is 16.2 Å². The highest BCUT2D eigenvalue weighted by Crippen LogP contribution is 2.39. The monoisotopic (exact) mass is 595 g/mol. The number of sulfonamides is 1. The number of fused-ring (bicyclic) bond motifs is 1. The highest BCUT2D eigenvalue weighted by Gasteiger charge is 2.30. The molecule has 0 aliphatic carbocycles. The molecule has 4 aromatic carbocycles. The highest BCUT2D eigenvalue weighted by molar-refractivity contribution is 7.92. The second kappa shape index (κ2) is 12.9. The first-order valence-corrected chi connectivity index (χ1v) is 15.4. The van der Waals surface area contributed by atoms with Crippen molar-refractivity contribution < 1.29 is 18.0 Å². The van der Waals surface area contributed by atoms with Gasteiger partial charge in [-0.1, -0.05) is 48.5 Å². The molecule has 0 radical (unpaired) electrons. The number of rotatable bonds is 11. The van der Waals surface area contributed by atoms with Crippen LogP contribution in [0.25, 0.3) is 11.3 Å². The summed E-state index contributed by atoms with van der Waals surface area (Å²) < 4.78 is 29.1. The molecule has 0 unspecified atom stereocenters. The summed E-state index contributed by atoms with van der Waals surface area (Å²) in [6.45, 7) is 2.93. The van der Waals surface area contributed by atoms with Crippen LogP contribution in [0, 0.1) is 0 Å². The van der Waals surface area contributed by atoms with E-state index >= 15 is 0 Å². The van der Waals surface area contributed by atoms with E-state index in [1.165, 1.54) is 12.1 Å².